The molecule has 0 radical (unpaired) electrons. The van der Waals surface area contributed by atoms with Crippen LogP contribution in [0, 0.1) is 4.64 Å². The number of rotatable bonds is 2. The van der Waals surface area contributed by atoms with Crippen LogP contribution in [0.5, 0.6) is 0 Å². The van der Waals surface area contributed by atoms with Gasteiger partial charge in [0.2, 0.25) is 0 Å². The van der Waals surface area contributed by atoms with Crippen LogP contribution < -0.4 is 0 Å². The first-order valence-corrected chi connectivity index (χ1v) is 5.76. The molecule has 0 aliphatic rings. The van der Waals surface area contributed by atoms with Crippen molar-refractivity contribution in [1.82, 2.24) is 9.78 Å². The van der Waals surface area contributed by atoms with Crippen molar-refractivity contribution < 1.29 is 13.2 Å². The van der Waals surface area contributed by atoms with E-state index in [1.54, 1.807) is 24.3 Å². The maximum Gasteiger partial charge on any atom is 0.432 e. The standard InChI is InChI=1S/C11H8ClF3N2S/c12-8-3-1-2-7(4-8)6-17-10(18)5-9(16-17)11(13,14)15/h1-5,16H,6H2. The first-order valence-electron chi connectivity index (χ1n) is 4.98. The van der Waals surface area contributed by atoms with Gasteiger partial charge in [-0.1, -0.05) is 36.0 Å². The van der Waals surface area contributed by atoms with Gasteiger partial charge < -0.3 is 0 Å². The quantitative estimate of drug-likeness (QED) is 0.820. The number of H-pyrrole nitrogens is 1. The third-order valence-electron chi connectivity index (χ3n) is 2.32. The first-order chi connectivity index (χ1) is 8.36. The number of halogens is 4. The summed E-state index contributed by atoms with van der Waals surface area (Å²) in [7, 11) is 0. The highest BCUT2D eigenvalue weighted by Crippen LogP contribution is 2.27. The molecule has 7 heteroatoms. The minimum Gasteiger partial charge on any atom is -0.293 e. The molecule has 1 aromatic carbocycles. The van der Waals surface area contributed by atoms with E-state index in [1.165, 1.54) is 4.68 Å². The summed E-state index contributed by atoms with van der Waals surface area (Å²) in [5, 5.41) is 2.76. The van der Waals surface area contributed by atoms with Gasteiger partial charge in [0.25, 0.3) is 0 Å². The first kappa shape index (κ1) is 13.2. The normalized spacial score (nSPS) is 11.8. The second-order valence-electron chi connectivity index (χ2n) is 3.72. The minimum absolute atomic E-state index is 0.0994. The number of aromatic nitrogens is 2. The summed E-state index contributed by atoms with van der Waals surface area (Å²) in [6, 6.07) is 7.77. The maximum atomic E-state index is 12.5. The summed E-state index contributed by atoms with van der Waals surface area (Å²) in [4.78, 5) is 0. The van der Waals surface area contributed by atoms with Gasteiger partial charge >= 0.3 is 6.18 Å². The van der Waals surface area contributed by atoms with Crippen LogP contribution in [0.4, 0.5) is 13.2 Å². The summed E-state index contributed by atoms with van der Waals surface area (Å²) < 4.78 is 38.8. The van der Waals surface area contributed by atoms with Crippen molar-refractivity contribution in [3.8, 4) is 0 Å². The Balaban J connectivity index is 2.30. The Labute approximate surface area is 111 Å². The summed E-state index contributed by atoms with van der Waals surface area (Å²) in [6.45, 7) is 0.218. The van der Waals surface area contributed by atoms with Crippen molar-refractivity contribution in [1.29, 1.82) is 0 Å². The van der Waals surface area contributed by atoms with Crippen molar-refractivity contribution in [2.24, 2.45) is 0 Å². The SMILES string of the molecule is FC(F)(F)c1cc(=S)n(Cc2cccc(Cl)c2)[nH]1. The number of hydrogen-bond acceptors (Lipinski definition) is 1. The van der Waals surface area contributed by atoms with Gasteiger partial charge in [-0.25, -0.2) is 0 Å². The lowest BCUT2D eigenvalue weighted by atomic mass is 10.2. The van der Waals surface area contributed by atoms with E-state index >= 15 is 0 Å². The van der Waals surface area contributed by atoms with Crippen molar-refractivity contribution in [2.45, 2.75) is 12.7 Å². The Kier molecular flexibility index (Phi) is 3.49. The van der Waals surface area contributed by atoms with Gasteiger partial charge in [0, 0.05) is 11.1 Å². The fourth-order valence-corrected chi connectivity index (χ4v) is 1.96. The van der Waals surface area contributed by atoms with Gasteiger partial charge in [0.15, 0.2) is 0 Å². The molecule has 0 unspecified atom stereocenters. The molecular formula is C11H8ClF3N2S. The molecule has 0 aliphatic heterocycles. The van der Waals surface area contributed by atoms with E-state index in [4.69, 9.17) is 23.8 Å². The van der Waals surface area contributed by atoms with E-state index in [-0.39, 0.29) is 11.2 Å². The molecule has 1 heterocycles. The Morgan fingerprint density at radius 3 is 2.56 bits per heavy atom. The Hall–Kier alpha value is -1.27. The minimum atomic E-state index is -4.42. The third-order valence-corrected chi connectivity index (χ3v) is 2.90. The number of alkyl halides is 3. The molecule has 0 aliphatic carbocycles. The van der Waals surface area contributed by atoms with Gasteiger partial charge in [0.1, 0.15) is 10.3 Å². The van der Waals surface area contributed by atoms with Crippen molar-refractivity contribution in [3.05, 3.63) is 51.3 Å². The average molecular weight is 293 g/mol. The lowest BCUT2D eigenvalue weighted by molar-refractivity contribution is -0.141. The Morgan fingerprint density at radius 1 is 1.28 bits per heavy atom. The molecule has 0 fully saturated rings. The lowest BCUT2D eigenvalue weighted by Gasteiger charge is -2.05. The van der Waals surface area contributed by atoms with E-state index in [2.05, 4.69) is 5.10 Å². The average Bonchev–Trinajstić information content (AvgIpc) is 2.60. The molecule has 0 amide bonds. The molecule has 0 spiro atoms. The van der Waals surface area contributed by atoms with E-state index in [1.807, 2.05) is 0 Å². The number of benzene rings is 1. The highest BCUT2D eigenvalue weighted by molar-refractivity contribution is 7.71. The topological polar surface area (TPSA) is 20.7 Å². The van der Waals surface area contributed by atoms with E-state index < -0.39 is 11.9 Å². The molecule has 1 N–H and O–H groups in total. The van der Waals surface area contributed by atoms with Gasteiger partial charge in [-0.15, -0.1) is 0 Å². The zero-order valence-electron chi connectivity index (χ0n) is 8.96. The molecule has 2 aromatic rings. The molecule has 2 rings (SSSR count). The van der Waals surface area contributed by atoms with E-state index in [9.17, 15) is 13.2 Å². The zero-order valence-corrected chi connectivity index (χ0v) is 10.5. The van der Waals surface area contributed by atoms with Crippen LogP contribution in [0.3, 0.4) is 0 Å². The van der Waals surface area contributed by atoms with E-state index in [0.29, 0.717) is 5.02 Å². The number of hydrogen-bond donors (Lipinski definition) is 1. The van der Waals surface area contributed by atoms with Gasteiger partial charge in [0.05, 0.1) is 6.54 Å². The summed E-state index contributed by atoms with van der Waals surface area (Å²) >= 11 is 10.7. The maximum absolute atomic E-state index is 12.5. The molecule has 0 saturated heterocycles. The van der Waals surface area contributed by atoms with Gasteiger partial charge in [-0.05, 0) is 17.7 Å². The summed E-state index contributed by atoms with van der Waals surface area (Å²) in [6.07, 6.45) is -4.42. The molecule has 0 bridgehead atoms. The zero-order chi connectivity index (χ0) is 13.3. The second kappa shape index (κ2) is 4.78. The fourth-order valence-electron chi connectivity index (χ4n) is 1.51. The van der Waals surface area contributed by atoms with E-state index in [0.717, 1.165) is 11.6 Å². The summed E-state index contributed by atoms with van der Waals surface area (Å²) in [5.41, 5.74) is -0.0799. The highest BCUT2D eigenvalue weighted by Gasteiger charge is 2.32. The van der Waals surface area contributed by atoms with Crippen LogP contribution in [-0.2, 0) is 12.7 Å². The second-order valence-corrected chi connectivity index (χ2v) is 4.58. The molecule has 0 atom stereocenters. The van der Waals surface area contributed by atoms with Crippen LogP contribution in [-0.4, -0.2) is 9.78 Å². The molecule has 18 heavy (non-hydrogen) atoms. The van der Waals surface area contributed by atoms with Crippen LogP contribution in [0.2, 0.25) is 5.02 Å². The van der Waals surface area contributed by atoms with Crippen molar-refractivity contribution >= 4 is 23.8 Å². The number of nitrogens with zero attached hydrogens (tertiary/aromatic N) is 1. The number of aromatic amines is 1. The Bertz CT molecular complexity index is 615. The van der Waals surface area contributed by atoms with Crippen LogP contribution in [0.25, 0.3) is 0 Å². The van der Waals surface area contributed by atoms with Crippen molar-refractivity contribution in [2.75, 3.05) is 0 Å². The largest absolute Gasteiger partial charge is 0.432 e. The van der Waals surface area contributed by atoms with Gasteiger partial charge in [-0.2, -0.15) is 13.2 Å². The molecule has 1 aromatic heterocycles. The fraction of sp³-hybridized carbons (Fsp3) is 0.182. The summed E-state index contributed by atoms with van der Waals surface area (Å²) in [5.74, 6) is 0. The molecule has 96 valence electrons. The van der Waals surface area contributed by atoms with Crippen LogP contribution >= 0.6 is 23.8 Å². The molecule has 0 saturated carbocycles. The van der Waals surface area contributed by atoms with Crippen LogP contribution in [0.15, 0.2) is 30.3 Å². The third kappa shape index (κ3) is 2.94. The van der Waals surface area contributed by atoms with Gasteiger partial charge in [-0.3, -0.25) is 9.78 Å². The van der Waals surface area contributed by atoms with Crippen LogP contribution in [0.1, 0.15) is 11.3 Å². The lowest BCUT2D eigenvalue weighted by Crippen LogP contribution is -2.08. The smallest absolute Gasteiger partial charge is 0.293 e. The molecular weight excluding hydrogens is 285 g/mol. The Morgan fingerprint density at radius 2 is 2.00 bits per heavy atom. The predicted molar refractivity (Wildman–Crippen MR) is 65.2 cm³/mol. The number of nitrogens with one attached hydrogen (secondary N) is 1. The monoisotopic (exact) mass is 292 g/mol. The molecule has 2 nitrogen and oxygen atoms in total. The highest BCUT2D eigenvalue weighted by atomic mass is 35.5. The predicted octanol–water partition coefficient (Wildman–Crippen LogP) is 4.27. The van der Waals surface area contributed by atoms with Crippen molar-refractivity contribution in [3.63, 3.8) is 0 Å².